The molecule has 1 heterocycles. The fraction of sp³-hybridized carbons (Fsp3) is 0.167. The van der Waals surface area contributed by atoms with Gasteiger partial charge in [0, 0.05) is 6.42 Å². The fourth-order valence-electron chi connectivity index (χ4n) is 1.56. The first-order chi connectivity index (χ1) is 9.56. The van der Waals surface area contributed by atoms with E-state index in [1.165, 1.54) is 18.3 Å². The minimum absolute atomic E-state index is 0.0898. The third-order valence-electron chi connectivity index (χ3n) is 2.57. The molecule has 7 nitrogen and oxygen atoms in total. The molecule has 104 valence electrons. The van der Waals surface area contributed by atoms with Crippen molar-refractivity contribution in [1.29, 1.82) is 0 Å². The number of aliphatic carboxylic acids is 1. The lowest BCUT2D eigenvalue weighted by molar-refractivity contribution is -0.139. The number of hydrogen-bond acceptors (Lipinski definition) is 6. The van der Waals surface area contributed by atoms with Crippen LogP contribution in [0.3, 0.4) is 0 Å². The van der Waals surface area contributed by atoms with Gasteiger partial charge in [0.15, 0.2) is 5.69 Å². The molecule has 0 unspecified atom stereocenters. The van der Waals surface area contributed by atoms with Crippen molar-refractivity contribution in [3.8, 4) is 5.75 Å². The first-order valence-electron chi connectivity index (χ1n) is 5.65. The molecule has 1 aromatic heterocycles. The Morgan fingerprint density at radius 3 is 2.55 bits per heavy atom. The van der Waals surface area contributed by atoms with Gasteiger partial charge >= 0.3 is 5.97 Å². The van der Waals surface area contributed by atoms with E-state index < -0.39 is 17.9 Å². The van der Waals surface area contributed by atoms with Crippen LogP contribution in [0.25, 0.3) is 0 Å². The molecule has 0 fully saturated rings. The highest BCUT2D eigenvalue weighted by Crippen LogP contribution is 2.11. The van der Waals surface area contributed by atoms with E-state index in [9.17, 15) is 14.7 Å². The van der Waals surface area contributed by atoms with Gasteiger partial charge in [-0.05, 0) is 17.7 Å². The smallest absolute Gasteiger partial charge is 0.326 e. The lowest BCUT2D eigenvalue weighted by Crippen LogP contribution is -2.42. The molecular weight excluding hydrogens is 282 g/mol. The summed E-state index contributed by atoms with van der Waals surface area (Å²) in [5.74, 6) is -1.63. The van der Waals surface area contributed by atoms with Crippen molar-refractivity contribution < 1.29 is 19.8 Å². The molecule has 0 bridgehead atoms. The topological polar surface area (TPSA) is 112 Å². The standard InChI is InChI=1S/C12H11N3O4S/c16-8-3-1-7(2-4-8)5-9(12(18)19)14-11(17)10-6-13-20-15-10/h1-4,6,9,16H,5H2,(H,14,17)(H,18,19)/t9-/m0/s1. The Kier molecular flexibility index (Phi) is 4.26. The van der Waals surface area contributed by atoms with Crippen molar-refractivity contribution in [3.63, 3.8) is 0 Å². The van der Waals surface area contributed by atoms with E-state index in [0.29, 0.717) is 5.56 Å². The Morgan fingerprint density at radius 2 is 2.00 bits per heavy atom. The average Bonchev–Trinajstić information content (AvgIpc) is 2.94. The number of nitrogens with zero attached hydrogens (tertiary/aromatic N) is 2. The number of aromatic hydroxyl groups is 1. The van der Waals surface area contributed by atoms with Gasteiger partial charge in [-0.15, -0.1) is 0 Å². The van der Waals surface area contributed by atoms with E-state index in [0.717, 1.165) is 11.7 Å². The second-order valence-corrected chi connectivity index (χ2v) is 4.58. The molecular formula is C12H11N3O4S. The Hall–Kier alpha value is -2.48. The number of carbonyl (C=O) groups is 2. The van der Waals surface area contributed by atoms with Crippen LogP contribution in [-0.4, -0.2) is 36.9 Å². The number of benzene rings is 1. The summed E-state index contributed by atoms with van der Waals surface area (Å²) in [5, 5.41) is 20.7. The summed E-state index contributed by atoms with van der Waals surface area (Å²) in [4.78, 5) is 22.9. The number of amides is 1. The molecule has 0 aliphatic rings. The quantitative estimate of drug-likeness (QED) is 0.747. The maximum atomic E-state index is 11.8. The molecule has 0 radical (unpaired) electrons. The van der Waals surface area contributed by atoms with Crippen LogP contribution in [0, 0.1) is 0 Å². The molecule has 0 saturated carbocycles. The monoisotopic (exact) mass is 293 g/mol. The lowest BCUT2D eigenvalue weighted by Gasteiger charge is -2.13. The van der Waals surface area contributed by atoms with E-state index in [1.807, 2.05) is 0 Å². The zero-order valence-corrected chi connectivity index (χ0v) is 11.0. The first-order valence-corrected chi connectivity index (χ1v) is 6.38. The van der Waals surface area contributed by atoms with Crippen molar-refractivity contribution in [1.82, 2.24) is 14.1 Å². The van der Waals surface area contributed by atoms with E-state index in [-0.39, 0.29) is 17.9 Å². The zero-order valence-electron chi connectivity index (χ0n) is 10.2. The van der Waals surface area contributed by atoms with Gasteiger partial charge in [-0.1, -0.05) is 12.1 Å². The third kappa shape index (κ3) is 3.51. The predicted molar refractivity (Wildman–Crippen MR) is 70.6 cm³/mol. The number of phenols is 1. The number of carboxylic acid groups (broad SMARTS) is 1. The number of hydrogen-bond donors (Lipinski definition) is 3. The number of phenolic OH excluding ortho intramolecular Hbond substituents is 1. The molecule has 0 saturated heterocycles. The number of aromatic nitrogens is 2. The molecule has 20 heavy (non-hydrogen) atoms. The number of carboxylic acids is 1. The Balaban J connectivity index is 2.06. The molecule has 0 aliphatic heterocycles. The summed E-state index contributed by atoms with van der Waals surface area (Å²) in [6.07, 6.45) is 1.39. The summed E-state index contributed by atoms with van der Waals surface area (Å²) >= 11 is 0.873. The minimum atomic E-state index is -1.14. The van der Waals surface area contributed by atoms with Crippen molar-refractivity contribution in [2.45, 2.75) is 12.5 Å². The fourth-order valence-corrected chi connectivity index (χ4v) is 1.98. The normalized spacial score (nSPS) is 11.8. The molecule has 0 spiro atoms. The maximum Gasteiger partial charge on any atom is 0.326 e. The van der Waals surface area contributed by atoms with Gasteiger partial charge in [0.2, 0.25) is 0 Å². The van der Waals surface area contributed by atoms with Crippen LogP contribution in [-0.2, 0) is 11.2 Å². The van der Waals surface area contributed by atoms with Crippen LogP contribution in [0.15, 0.2) is 30.5 Å². The van der Waals surface area contributed by atoms with Gasteiger partial charge in [-0.2, -0.15) is 8.75 Å². The number of rotatable bonds is 5. The summed E-state index contributed by atoms with van der Waals surface area (Å²) in [7, 11) is 0. The van der Waals surface area contributed by atoms with E-state index in [4.69, 9.17) is 5.11 Å². The third-order valence-corrected chi connectivity index (χ3v) is 3.05. The van der Waals surface area contributed by atoms with Gasteiger partial charge < -0.3 is 15.5 Å². The largest absolute Gasteiger partial charge is 0.508 e. The number of nitrogens with one attached hydrogen (secondary N) is 1. The van der Waals surface area contributed by atoms with Gasteiger partial charge in [-0.25, -0.2) is 4.79 Å². The zero-order chi connectivity index (χ0) is 14.5. The van der Waals surface area contributed by atoms with Crippen molar-refractivity contribution in [3.05, 3.63) is 41.7 Å². The number of carbonyl (C=O) groups excluding carboxylic acids is 1. The van der Waals surface area contributed by atoms with E-state index in [1.54, 1.807) is 12.1 Å². The maximum absolute atomic E-state index is 11.8. The predicted octanol–water partition coefficient (Wildman–Crippen LogP) is 0.669. The van der Waals surface area contributed by atoms with Crippen LogP contribution in [0.2, 0.25) is 0 Å². The lowest BCUT2D eigenvalue weighted by atomic mass is 10.1. The van der Waals surface area contributed by atoms with Crippen LogP contribution < -0.4 is 5.32 Å². The molecule has 0 aliphatic carbocycles. The van der Waals surface area contributed by atoms with Crippen molar-refractivity contribution >= 4 is 23.6 Å². The highest BCUT2D eigenvalue weighted by molar-refractivity contribution is 6.99. The SMILES string of the molecule is O=C(N[C@@H](Cc1ccc(O)cc1)C(=O)O)c1cnsn1. The van der Waals surface area contributed by atoms with Crippen LogP contribution in [0.5, 0.6) is 5.75 Å². The molecule has 8 heteroatoms. The second kappa shape index (κ2) is 6.11. The summed E-state index contributed by atoms with van der Waals surface area (Å²) in [6.45, 7) is 0. The van der Waals surface area contributed by atoms with Gasteiger partial charge in [0.25, 0.3) is 5.91 Å². The Morgan fingerprint density at radius 1 is 1.30 bits per heavy atom. The van der Waals surface area contributed by atoms with Crippen LogP contribution in [0.4, 0.5) is 0 Å². The summed E-state index contributed by atoms with van der Waals surface area (Å²) < 4.78 is 7.42. The molecule has 1 atom stereocenters. The summed E-state index contributed by atoms with van der Waals surface area (Å²) in [6, 6.07) is 5.04. The molecule has 3 N–H and O–H groups in total. The van der Waals surface area contributed by atoms with E-state index in [2.05, 4.69) is 14.1 Å². The Labute approximate surface area is 118 Å². The van der Waals surface area contributed by atoms with E-state index >= 15 is 0 Å². The second-order valence-electron chi connectivity index (χ2n) is 4.03. The summed E-state index contributed by atoms with van der Waals surface area (Å²) in [5.41, 5.74) is 0.777. The highest BCUT2D eigenvalue weighted by atomic mass is 32.1. The molecule has 1 amide bonds. The molecule has 1 aromatic carbocycles. The molecule has 2 aromatic rings. The van der Waals surface area contributed by atoms with Gasteiger partial charge in [0.1, 0.15) is 11.8 Å². The van der Waals surface area contributed by atoms with Crippen molar-refractivity contribution in [2.75, 3.05) is 0 Å². The average molecular weight is 293 g/mol. The molecule has 2 rings (SSSR count). The van der Waals surface area contributed by atoms with Crippen molar-refractivity contribution in [2.24, 2.45) is 0 Å². The Bertz CT molecular complexity index is 598. The first kappa shape index (κ1) is 13.9. The highest BCUT2D eigenvalue weighted by Gasteiger charge is 2.22. The van der Waals surface area contributed by atoms with Crippen LogP contribution >= 0.6 is 11.7 Å². The van der Waals surface area contributed by atoms with Gasteiger partial charge in [0.05, 0.1) is 17.9 Å². The van der Waals surface area contributed by atoms with Crippen LogP contribution in [0.1, 0.15) is 16.1 Å². The minimum Gasteiger partial charge on any atom is -0.508 e. The van der Waals surface area contributed by atoms with Gasteiger partial charge in [-0.3, -0.25) is 4.79 Å².